The Morgan fingerprint density at radius 3 is 2.30 bits per heavy atom. The normalized spacial score (nSPS) is 12.9. The Bertz CT molecular complexity index is 558. The third kappa shape index (κ3) is 2.89. The highest BCUT2D eigenvalue weighted by molar-refractivity contribution is 6.31. The Balaban J connectivity index is 2.39. The van der Waals surface area contributed by atoms with Gasteiger partial charge >= 0.3 is 0 Å². The minimum absolute atomic E-state index is 0.0613. The second kappa shape index (κ2) is 6.42. The Labute approximate surface area is 126 Å². The standard InChI is InChI=1S/C16H22ClN3/c1-5-20-16(14(17)10-19-20)15(18-4)13-8-6-12(7-9-13)11(2)3/h6-11,15,18H,5H2,1-4H3. The van der Waals surface area contributed by atoms with Crippen LogP contribution in [0, 0.1) is 0 Å². The Kier molecular flexibility index (Phi) is 4.84. The summed E-state index contributed by atoms with van der Waals surface area (Å²) in [6.07, 6.45) is 1.72. The second-order valence-electron chi connectivity index (χ2n) is 5.24. The van der Waals surface area contributed by atoms with Crippen molar-refractivity contribution in [2.75, 3.05) is 7.05 Å². The van der Waals surface area contributed by atoms with Gasteiger partial charge in [0.2, 0.25) is 0 Å². The van der Waals surface area contributed by atoms with Crippen LogP contribution in [0.5, 0.6) is 0 Å². The van der Waals surface area contributed by atoms with Gasteiger partial charge in [-0.15, -0.1) is 0 Å². The van der Waals surface area contributed by atoms with Gasteiger partial charge in [0.15, 0.2) is 0 Å². The van der Waals surface area contributed by atoms with E-state index in [1.165, 1.54) is 11.1 Å². The van der Waals surface area contributed by atoms with Crippen LogP contribution in [0.15, 0.2) is 30.5 Å². The van der Waals surface area contributed by atoms with Gasteiger partial charge < -0.3 is 5.32 Å². The summed E-state index contributed by atoms with van der Waals surface area (Å²) in [6.45, 7) is 7.28. The van der Waals surface area contributed by atoms with Crippen molar-refractivity contribution in [3.63, 3.8) is 0 Å². The molecule has 3 nitrogen and oxygen atoms in total. The van der Waals surface area contributed by atoms with E-state index >= 15 is 0 Å². The molecule has 0 aliphatic rings. The molecule has 0 amide bonds. The van der Waals surface area contributed by atoms with E-state index in [-0.39, 0.29) is 6.04 Å². The molecule has 4 heteroatoms. The van der Waals surface area contributed by atoms with Crippen LogP contribution in [-0.2, 0) is 6.54 Å². The number of aromatic nitrogens is 2. The van der Waals surface area contributed by atoms with Gasteiger partial charge in [0, 0.05) is 6.54 Å². The fourth-order valence-corrected chi connectivity index (χ4v) is 2.70. The van der Waals surface area contributed by atoms with Gasteiger partial charge in [-0.25, -0.2) is 0 Å². The molecular formula is C16H22ClN3. The number of hydrogen-bond donors (Lipinski definition) is 1. The summed E-state index contributed by atoms with van der Waals surface area (Å²) in [5.74, 6) is 0.543. The van der Waals surface area contributed by atoms with Crippen LogP contribution in [0.1, 0.15) is 49.6 Å². The first-order valence-corrected chi connectivity index (χ1v) is 7.44. The van der Waals surface area contributed by atoms with Crippen molar-refractivity contribution in [1.29, 1.82) is 0 Å². The minimum atomic E-state index is 0.0613. The van der Waals surface area contributed by atoms with Gasteiger partial charge in [0.25, 0.3) is 0 Å². The number of benzene rings is 1. The summed E-state index contributed by atoms with van der Waals surface area (Å²) in [7, 11) is 1.95. The van der Waals surface area contributed by atoms with Gasteiger partial charge in [-0.2, -0.15) is 5.10 Å². The molecule has 20 heavy (non-hydrogen) atoms. The van der Waals surface area contributed by atoms with E-state index in [9.17, 15) is 0 Å². The van der Waals surface area contributed by atoms with Crippen molar-refractivity contribution < 1.29 is 0 Å². The van der Waals surface area contributed by atoms with Crippen LogP contribution in [0.2, 0.25) is 5.02 Å². The van der Waals surface area contributed by atoms with E-state index in [1.54, 1.807) is 6.20 Å². The summed E-state index contributed by atoms with van der Waals surface area (Å²) in [4.78, 5) is 0. The Morgan fingerprint density at radius 2 is 1.80 bits per heavy atom. The molecule has 2 rings (SSSR count). The topological polar surface area (TPSA) is 29.9 Å². The third-order valence-electron chi connectivity index (χ3n) is 3.63. The van der Waals surface area contributed by atoms with Gasteiger partial charge in [0.05, 0.1) is 23.0 Å². The lowest BCUT2D eigenvalue weighted by molar-refractivity contribution is 0.563. The van der Waals surface area contributed by atoms with Crippen molar-refractivity contribution in [3.05, 3.63) is 52.3 Å². The number of nitrogens with zero attached hydrogens (tertiary/aromatic N) is 2. The molecule has 0 radical (unpaired) electrons. The maximum absolute atomic E-state index is 6.31. The van der Waals surface area contributed by atoms with Gasteiger partial charge in [-0.1, -0.05) is 49.7 Å². The molecule has 0 saturated carbocycles. The molecule has 0 aliphatic carbocycles. The fraction of sp³-hybridized carbons (Fsp3) is 0.438. The molecular weight excluding hydrogens is 270 g/mol. The zero-order chi connectivity index (χ0) is 14.7. The summed E-state index contributed by atoms with van der Waals surface area (Å²) in [5.41, 5.74) is 3.57. The Hall–Kier alpha value is -1.32. The molecule has 1 unspecified atom stereocenters. The number of hydrogen-bond acceptors (Lipinski definition) is 2. The molecule has 0 saturated heterocycles. The summed E-state index contributed by atoms with van der Waals surface area (Å²) in [5, 5.41) is 8.37. The number of rotatable bonds is 5. The van der Waals surface area contributed by atoms with E-state index in [2.05, 4.69) is 55.5 Å². The van der Waals surface area contributed by atoms with E-state index < -0.39 is 0 Å². The maximum atomic E-state index is 6.31. The average molecular weight is 292 g/mol. The quantitative estimate of drug-likeness (QED) is 0.903. The SMILES string of the molecule is CCn1ncc(Cl)c1C(NC)c1ccc(C(C)C)cc1. The lowest BCUT2D eigenvalue weighted by Gasteiger charge is -2.19. The minimum Gasteiger partial charge on any atom is -0.308 e. The van der Waals surface area contributed by atoms with Crippen molar-refractivity contribution >= 4 is 11.6 Å². The van der Waals surface area contributed by atoms with Crippen molar-refractivity contribution in [2.24, 2.45) is 0 Å². The van der Waals surface area contributed by atoms with E-state index in [0.29, 0.717) is 10.9 Å². The number of nitrogens with one attached hydrogen (secondary N) is 1. The first-order valence-electron chi connectivity index (χ1n) is 7.06. The van der Waals surface area contributed by atoms with Crippen LogP contribution in [-0.4, -0.2) is 16.8 Å². The molecule has 0 bridgehead atoms. The fourth-order valence-electron chi connectivity index (χ4n) is 2.45. The van der Waals surface area contributed by atoms with Crippen LogP contribution in [0.25, 0.3) is 0 Å². The molecule has 108 valence electrons. The lowest BCUT2D eigenvalue weighted by Crippen LogP contribution is -2.21. The zero-order valence-corrected chi connectivity index (χ0v) is 13.3. The molecule has 0 fully saturated rings. The van der Waals surface area contributed by atoms with Crippen LogP contribution >= 0.6 is 11.6 Å². The highest BCUT2D eigenvalue weighted by atomic mass is 35.5. The smallest absolute Gasteiger partial charge is 0.0837 e. The molecule has 1 heterocycles. The predicted molar refractivity (Wildman–Crippen MR) is 84.3 cm³/mol. The molecule has 1 aromatic carbocycles. The molecule has 1 atom stereocenters. The first kappa shape index (κ1) is 15.1. The van der Waals surface area contributed by atoms with Gasteiger partial charge in [0.1, 0.15) is 0 Å². The lowest BCUT2D eigenvalue weighted by atomic mass is 9.98. The van der Waals surface area contributed by atoms with Crippen molar-refractivity contribution in [2.45, 2.75) is 39.3 Å². The number of halogens is 1. The predicted octanol–water partition coefficient (Wildman–Crippen LogP) is 3.99. The van der Waals surface area contributed by atoms with Gasteiger partial charge in [-0.05, 0) is 31.0 Å². The molecule has 0 spiro atoms. The third-order valence-corrected chi connectivity index (χ3v) is 3.92. The van der Waals surface area contributed by atoms with Crippen LogP contribution < -0.4 is 5.32 Å². The summed E-state index contributed by atoms with van der Waals surface area (Å²) >= 11 is 6.31. The zero-order valence-electron chi connectivity index (χ0n) is 12.5. The van der Waals surface area contributed by atoms with Crippen molar-refractivity contribution in [3.8, 4) is 0 Å². The molecule has 1 aromatic heterocycles. The van der Waals surface area contributed by atoms with Crippen LogP contribution in [0.4, 0.5) is 0 Å². The van der Waals surface area contributed by atoms with Crippen molar-refractivity contribution in [1.82, 2.24) is 15.1 Å². The van der Waals surface area contributed by atoms with E-state index in [0.717, 1.165) is 12.2 Å². The first-order chi connectivity index (χ1) is 9.58. The highest BCUT2D eigenvalue weighted by Gasteiger charge is 2.20. The van der Waals surface area contributed by atoms with Crippen LogP contribution in [0.3, 0.4) is 0 Å². The maximum Gasteiger partial charge on any atom is 0.0837 e. The largest absolute Gasteiger partial charge is 0.308 e. The monoisotopic (exact) mass is 291 g/mol. The molecule has 0 aliphatic heterocycles. The summed E-state index contributed by atoms with van der Waals surface area (Å²) < 4.78 is 1.94. The van der Waals surface area contributed by atoms with Gasteiger partial charge in [-0.3, -0.25) is 4.68 Å². The Morgan fingerprint density at radius 1 is 1.20 bits per heavy atom. The van der Waals surface area contributed by atoms with E-state index in [1.807, 2.05) is 11.7 Å². The highest BCUT2D eigenvalue weighted by Crippen LogP contribution is 2.29. The molecule has 1 N–H and O–H groups in total. The molecule has 2 aromatic rings. The average Bonchev–Trinajstić information content (AvgIpc) is 2.82. The van der Waals surface area contributed by atoms with E-state index in [4.69, 9.17) is 11.6 Å². The summed E-state index contributed by atoms with van der Waals surface area (Å²) in [6, 6.07) is 8.77. The second-order valence-corrected chi connectivity index (χ2v) is 5.64. The number of aryl methyl sites for hydroxylation is 1.